The molecule has 0 bridgehead atoms. The maximum atomic E-state index is 12.5. The van der Waals surface area contributed by atoms with E-state index in [1.165, 1.54) is 25.8 Å². The van der Waals surface area contributed by atoms with Crippen LogP contribution in [0.1, 0.15) is 5.56 Å². The van der Waals surface area contributed by atoms with Crippen LogP contribution in [-0.4, -0.2) is 28.4 Å². The number of nitrogens with one attached hydrogen (secondary N) is 1. The first-order valence-electron chi connectivity index (χ1n) is 5.78. The van der Waals surface area contributed by atoms with Crippen LogP contribution in [0.3, 0.4) is 0 Å². The van der Waals surface area contributed by atoms with Crippen molar-refractivity contribution in [3.05, 3.63) is 35.2 Å². The monoisotopic (exact) mass is 331 g/mol. The summed E-state index contributed by atoms with van der Waals surface area (Å²) in [6.45, 7) is 0. The van der Waals surface area contributed by atoms with Gasteiger partial charge in [0.2, 0.25) is 0 Å². The van der Waals surface area contributed by atoms with Gasteiger partial charge in [-0.15, -0.1) is 0 Å². The van der Waals surface area contributed by atoms with Crippen molar-refractivity contribution in [3.8, 4) is 11.3 Å². The average Bonchev–Trinajstić information content (AvgIpc) is 2.47. The van der Waals surface area contributed by atoms with Crippen molar-refractivity contribution in [2.24, 2.45) is 4.99 Å². The third-order valence-electron chi connectivity index (χ3n) is 2.43. The summed E-state index contributed by atoms with van der Waals surface area (Å²) in [5.41, 5.74) is 1.96. The molecule has 0 saturated carbocycles. The van der Waals surface area contributed by atoms with Gasteiger partial charge >= 0.3 is 6.18 Å². The Hall–Kier alpha value is -2.26. The van der Waals surface area contributed by atoms with Crippen LogP contribution in [0, 0.1) is 0 Å². The van der Waals surface area contributed by atoms with Crippen molar-refractivity contribution >= 4 is 23.9 Å². The zero-order valence-electron chi connectivity index (χ0n) is 11.1. The number of aromatic nitrogens is 3. The van der Waals surface area contributed by atoms with Gasteiger partial charge in [-0.3, -0.25) is 15.3 Å². The largest absolute Gasteiger partial charge is 0.417 e. The van der Waals surface area contributed by atoms with Gasteiger partial charge in [0.05, 0.1) is 23.4 Å². The summed E-state index contributed by atoms with van der Waals surface area (Å²) >= 11 is 5.84. The lowest BCUT2D eigenvalue weighted by molar-refractivity contribution is -0.137. The number of rotatable bonds is 4. The summed E-state index contributed by atoms with van der Waals surface area (Å²) in [6.07, 6.45) is 0.147. The van der Waals surface area contributed by atoms with E-state index in [4.69, 9.17) is 11.6 Å². The van der Waals surface area contributed by atoms with E-state index >= 15 is 0 Å². The summed E-state index contributed by atoms with van der Waals surface area (Å²) in [6, 6.07) is 0.804. The second-order valence-corrected chi connectivity index (χ2v) is 4.31. The Balaban J connectivity index is 2.25. The van der Waals surface area contributed by atoms with Gasteiger partial charge in [-0.05, 0) is 6.07 Å². The molecule has 0 aromatic carbocycles. The van der Waals surface area contributed by atoms with Gasteiger partial charge in [-0.2, -0.15) is 18.2 Å². The molecule has 0 amide bonds. The molecule has 10 heteroatoms. The number of alkyl halides is 3. The van der Waals surface area contributed by atoms with Gasteiger partial charge in [0.25, 0.3) is 5.95 Å². The Bertz CT molecular complexity index is 675. The molecule has 2 aromatic rings. The van der Waals surface area contributed by atoms with Crippen LogP contribution in [0.5, 0.6) is 0 Å². The summed E-state index contributed by atoms with van der Waals surface area (Å²) in [5, 5.41) is -0.143. The molecular weight excluding hydrogens is 323 g/mol. The maximum Gasteiger partial charge on any atom is 0.417 e. The Morgan fingerprint density at radius 3 is 2.45 bits per heavy atom. The summed E-state index contributed by atoms with van der Waals surface area (Å²) in [5.74, 6) is 0.135. The lowest BCUT2D eigenvalue weighted by Gasteiger charge is -2.08. The summed E-state index contributed by atoms with van der Waals surface area (Å²) in [7, 11) is 1.41. The van der Waals surface area contributed by atoms with Crippen molar-refractivity contribution in [2.45, 2.75) is 6.18 Å². The van der Waals surface area contributed by atoms with Gasteiger partial charge in [0.15, 0.2) is 0 Å². The van der Waals surface area contributed by atoms with Crippen LogP contribution < -0.4 is 5.48 Å². The quantitative estimate of drug-likeness (QED) is 0.529. The second-order valence-electron chi connectivity index (χ2n) is 3.90. The number of hydrogen-bond donors (Lipinski definition) is 1. The highest BCUT2D eigenvalue weighted by Gasteiger charge is 2.31. The van der Waals surface area contributed by atoms with Gasteiger partial charge in [-0.1, -0.05) is 11.6 Å². The Labute approximate surface area is 128 Å². The number of nitrogens with zero attached hydrogens (tertiary/aromatic N) is 4. The van der Waals surface area contributed by atoms with Crippen molar-refractivity contribution in [1.82, 2.24) is 20.4 Å². The van der Waals surface area contributed by atoms with E-state index < -0.39 is 11.7 Å². The minimum Gasteiger partial charge on any atom is -0.279 e. The third-order valence-corrected chi connectivity index (χ3v) is 2.72. The molecular formula is C12H9ClF3N5O. The Kier molecular flexibility index (Phi) is 4.88. The maximum absolute atomic E-state index is 12.5. The molecule has 2 rings (SSSR count). The van der Waals surface area contributed by atoms with E-state index in [1.807, 2.05) is 0 Å². The molecule has 22 heavy (non-hydrogen) atoms. The third kappa shape index (κ3) is 3.89. The molecule has 0 radical (unpaired) electrons. The van der Waals surface area contributed by atoms with Gasteiger partial charge in [0, 0.05) is 24.2 Å². The fourth-order valence-electron chi connectivity index (χ4n) is 1.45. The normalized spacial score (nSPS) is 11.9. The van der Waals surface area contributed by atoms with Crippen LogP contribution in [0.25, 0.3) is 11.3 Å². The zero-order valence-corrected chi connectivity index (χ0v) is 11.9. The van der Waals surface area contributed by atoms with Gasteiger partial charge < -0.3 is 0 Å². The van der Waals surface area contributed by atoms with Crippen LogP contribution in [0.15, 0.2) is 29.6 Å². The Morgan fingerprint density at radius 1 is 1.23 bits per heavy atom. The molecule has 0 aliphatic heterocycles. The molecule has 0 aliphatic carbocycles. The summed E-state index contributed by atoms with van der Waals surface area (Å²) in [4.78, 5) is 19.9. The lowest BCUT2D eigenvalue weighted by atomic mass is 10.2. The minimum atomic E-state index is -4.50. The molecule has 0 aliphatic rings. The fourth-order valence-corrected chi connectivity index (χ4v) is 1.73. The minimum absolute atomic E-state index is 0.135. The molecule has 0 fully saturated rings. The fraction of sp³-hybridized carbons (Fsp3) is 0.167. The van der Waals surface area contributed by atoms with E-state index in [9.17, 15) is 13.2 Å². The number of halogens is 4. The highest BCUT2D eigenvalue weighted by Crippen LogP contribution is 2.33. The molecule has 116 valence electrons. The molecule has 0 saturated heterocycles. The lowest BCUT2D eigenvalue weighted by Crippen LogP contribution is -2.07. The first-order valence-corrected chi connectivity index (χ1v) is 6.16. The van der Waals surface area contributed by atoms with Crippen molar-refractivity contribution in [2.75, 3.05) is 7.11 Å². The van der Waals surface area contributed by atoms with Gasteiger partial charge in [0.1, 0.15) is 6.34 Å². The number of pyridine rings is 1. The van der Waals surface area contributed by atoms with Crippen molar-refractivity contribution in [3.63, 3.8) is 0 Å². The first-order chi connectivity index (χ1) is 10.4. The topological polar surface area (TPSA) is 72.3 Å². The van der Waals surface area contributed by atoms with E-state index in [0.717, 1.165) is 6.07 Å². The highest BCUT2D eigenvalue weighted by atomic mass is 35.5. The molecule has 2 aromatic heterocycles. The molecule has 0 atom stereocenters. The van der Waals surface area contributed by atoms with Crippen molar-refractivity contribution in [1.29, 1.82) is 0 Å². The number of hydroxylamine groups is 1. The molecule has 0 unspecified atom stereocenters. The van der Waals surface area contributed by atoms with E-state index in [-0.39, 0.29) is 16.7 Å². The van der Waals surface area contributed by atoms with Crippen LogP contribution in [0.2, 0.25) is 5.02 Å². The second kappa shape index (κ2) is 6.67. The molecule has 1 N–H and O–H groups in total. The van der Waals surface area contributed by atoms with Crippen LogP contribution >= 0.6 is 11.6 Å². The average molecular weight is 332 g/mol. The standard InChI is InChI=1S/C12H9ClF3N5O/c1-22-21-6-20-11-18-3-7(4-19-11)10-9(13)2-8(5-17-10)12(14,15)16/h2-6H,1H3,(H,18,19,20,21). The predicted octanol–water partition coefficient (Wildman–Crippen LogP) is 3.02. The highest BCUT2D eigenvalue weighted by molar-refractivity contribution is 6.33. The molecule has 6 nitrogen and oxygen atoms in total. The molecule has 2 heterocycles. The van der Waals surface area contributed by atoms with Gasteiger partial charge in [-0.25, -0.2) is 9.97 Å². The predicted molar refractivity (Wildman–Crippen MR) is 73.6 cm³/mol. The van der Waals surface area contributed by atoms with E-state index in [0.29, 0.717) is 11.8 Å². The van der Waals surface area contributed by atoms with E-state index in [1.54, 1.807) is 0 Å². The SMILES string of the molecule is CONC=Nc1ncc(-c2ncc(C(F)(F)F)cc2Cl)cn1. The smallest absolute Gasteiger partial charge is 0.279 e. The van der Waals surface area contributed by atoms with E-state index in [2.05, 4.69) is 30.3 Å². The zero-order chi connectivity index (χ0) is 16.2. The van der Waals surface area contributed by atoms with Crippen molar-refractivity contribution < 1.29 is 18.0 Å². The summed E-state index contributed by atoms with van der Waals surface area (Å²) < 4.78 is 37.6. The first kappa shape index (κ1) is 16.1. The Morgan fingerprint density at radius 2 is 1.91 bits per heavy atom. The number of hydrogen-bond acceptors (Lipinski definition) is 5. The molecule has 0 spiro atoms. The van der Waals surface area contributed by atoms with Crippen LogP contribution in [0.4, 0.5) is 19.1 Å². The van der Waals surface area contributed by atoms with Crippen LogP contribution in [-0.2, 0) is 11.0 Å². The number of aliphatic imine (C=N–C) groups is 1.